The summed E-state index contributed by atoms with van der Waals surface area (Å²) in [5, 5.41) is 0. The van der Waals surface area contributed by atoms with E-state index in [0.717, 1.165) is 38.3 Å². The second-order valence-corrected chi connectivity index (χ2v) is 4.35. The van der Waals surface area contributed by atoms with E-state index >= 15 is 0 Å². The van der Waals surface area contributed by atoms with Crippen LogP contribution in [0.25, 0.3) is 0 Å². The van der Waals surface area contributed by atoms with Crippen molar-refractivity contribution in [1.29, 1.82) is 0 Å². The first-order valence-electron chi connectivity index (χ1n) is 6.08. The molecule has 19 heavy (non-hydrogen) atoms. The Kier molecular flexibility index (Phi) is 7.83. The van der Waals surface area contributed by atoms with Crippen molar-refractivity contribution in [3.8, 4) is 0 Å². The Hall–Kier alpha value is -0.970. The molecular formula is C13H21Cl2N3O. The number of rotatable bonds is 2. The zero-order chi connectivity index (χ0) is 12.3. The number of hydrogen-bond acceptors (Lipinski definition) is 3. The first-order chi connectivity index (χ1) is 8.20. The number of carbonyl (C=O) groups excluding carboxylic acids is 1. The Balaban J connectivity index is 0.00000162. The van der Waals surface area contributed by atoms with E-state index in [0.29, 0.717) is 5.69 Å². The third-order valence-corrected chi connectivity index (χ3v) is 3.26. The average Bonchev–Trinajstić information content (AvgIpc) is 2.39. The molecule has 1 aliphatic heterocycles. The summed E-state index contributed by atoms with van der Waals surface area (Å²) in [7, 11) is 0. The van der Waals surface area contributed by atoms with Crippen LogP contribution in [-0.4, -0.2) is 48.4 Å². The molecule has 1 fully saturated rings. The van der Waals surface area contributed by atoms with Crippen LogP contribution in [0.15, 0.2) is 24.3 Å². The van der Waals surface area contributed by atoms with Crippen molar-refractivity contribution in [3.05, 3.63) is 29.8 Å². The Labute approximate surface area is 126 Å². The lowest BCUT2D eigenvalue weighted by Gasteiger charge is -2.34. The van der Waals surface area contributed by atoms with Crippen LogP contribution in [0.5, 0.6) is 0 Å². The third-order valence-electron chi connectivity index (χ3n) is 3.26. The summed E-state index contributed by atoms with van der Waals surface area (Å²) in [5.74, 6) is 0.112. The van der Waals surface area contributed by atoms with Crippen LogP contribution in [0, 0.1) is 0 Å². The van der Waals surface area contributed by atoms with E-state index in [1.165, 1.54) is 0 Å². The molecule has 0 atom stereocenters. The van der Waals surface area contributed by atoms with Crippen molar-refractivity contribution in [2.75, 3.05) is 38.5 Å². The molecule has 6 heteroatoms. The molecule has 0 bridgehead atoms. The fraction of sp³-hybridized carbons (Fsp3) is 0.462. The molecule has 2 N–H and O–H groups in total. The van der Waals surface area contributed by atoms with E-state index < -0.39 is 0 Å². The molecule has 0 spiro atoms. The van der Waals surface area contributed by atoms with Crippen molar-refractivity contribution >= 4 is 36.4 Å². The lowest BCUT2D eigenvalue weighted by molar-refractivity contribution is 0.0643. The maximum absolute atomic E-state index is 12.2. The number of nitrogens with two attached hydrogens (primary N) is 1. The minimum absolute atomic E-state index is 0. The molecule has 0 radical (unpaired) electrons. The molecule has 108 valence electrons. The maximum atomic E-state index is 12.2. The molecule has 1 heterocycles. The second kappa shape index (κ2) is 8.25. The standard InChI is InChI=1S/C13H19N3O.2ClH/c1-2-15-7-9-16(10-8-15)13(17)11-3-5-12(14)6-4-11;;/h3-6H,2,7-10,14H2,1H3;2*1H. The first kappa shape index (κ1) is 18.0. The van der Waals surface area contributed by atoms with E-state index in [9.17, 15) is 4.79 Å². The predicted molar refractivity (Wildman–Crippen MR) is 83.4 cm³/mol. The lowest BCUT2D eigenvalue weighted by atomic mass is 10.1. The number of benzene rings is 1. The van der Waals surface area contributed by atoms with Gasteiger partial charge in [0.1, 0.15) is 0 Å². The van der Waals surface area contributed by atoms with Crippen LogP contribution in [0.1, 0.15) is 17.3 Å². The fourth-order valence-electron chi connectivity index (χ4n) is 2.08. The molecule has 0 saturated carbocycles. The monoisotopic (exact) mass is 305 g/mol. The number of nitrogens with zero attached hydrogens (tertiary/aromatic N) is 2. The maximum Gasteiger partial charge on any atom is 0.253 e. The number of piperazine rings is 1. The van der Waals surface area contributed by atoms with E-state index in [1.54, 1.807) is 24.3 Å². The second-order valence-electron chi connectivity index (χ2n) is 4.35. The van der Waals surface area contributed by atoms with Gasteiger partial charge in [0.05, 0.1) is 0 Å². The zero-order valence-corrected chi connectivity index (χ0v) is 12.7. The van der Waals surface area contributed by atoms with Gasteiger partial charge in [0.15, 0.2) is 0 Å². The van der Waals surface area contributed by atoms with E-state index in [2.05, 4.69) is 11.8 Å². The highest BCUT2D eigenvalue weighted by Gasteiger charge is 2.20. The normalized spacial score (nSPS) is 15.3. The van der Waals surface area contributed by atoms with Gasteiger partial charge in [0, 0.05) is 37.4 Å². The van der Waals surface area contributed by atoms with Crippen molar-refractivity contribution in [2.45, 2.75) is 6.92 Å². The average molecular weight is 306 g/mol. The highest BCUT2D eigenvalue weighted by Crippen LogP contribution is 2.10. The third kappa shape index (κ3) is 4.56. The van der Waals surface area contributed by atoms with Crippen LogP contribution in [-0.2, 0) is 0 Å². The molecule has 0 aromatic heterocycles. The van der Waals surface area contributed by atoms with Gasteiger partial charge in [-0.05, 0) is 30.8 Å². The zero-order valence-electron chi connectivity index (χ0n) is 11.0. The highest BCUT2D eigenvalue weighted by molar-refractivity contribution is 5.94. The van der Waals surface area contributed by atoms with Crippen LogP contribution in [0.3, 0.4) is 0 Å². The van der Waals surface area contributed by atoms with Gasteiger partial charge >= 0.3 is 0 Å². The van der Waals surface area contributed by atoms with Crippen molar-refractivity contribution in [2.24, 2.45) is 0 Å². The molecule has 1 aliphatic rings. The summed E-state index contributed by atoms with van der Waals surface area (Å²) in [6.07, 6.45) is 0. The Morgan fingerprint density at radius 1 is 1.11 bits per heavy atom. The van der Waals surface area contributed by atoms with Crippen LogP contribution in [0.2, 0.25) is 0 Å². The number of hydrogen-bond donors (Lipinski definition) is 1. The fourth-order valence-corrected chi connectivity index (χ4v) is 2.08. The van der Waals surface area contributed by atoms with Crippen molar-refractivity contribution < 1.29 is 4.79 Å². The minimum Gasteiger partial charge on any atom is -0.399 e. The molecule has 0 unspecified atom stereocenters. The van der Waals surface area contributed by atoms with Gasteiger partial charge in [-0.25, -0.2) is 0 Å². The molecule has 4 nitrogen and oxygen atoms in total. The summed E-state index contributed by atoms with van der Waals surface area (Å²) >= 11 is 0. The minimum atomic E-state index is 0. The largest absolute Gasteiger partial charge is 0.399 e. The number of nitrogen functional groups attached to an aromatic ring is 1. The highest BCUT2D eigenvalue weighted by atomic mass is 35.5. The molecule has 1 saturated heterocycles. The van der Waals surface area contributed by atoms with Gasteiger partial charge < -0.3 is 15.5 Å². The summed E-state index contributed by atoms with van der Waals surface area (Å²) in [6.45, 7) is 6.78. The van der Waals surface area contributed by atoms with Gasteiger partial charge in [0.2, 0.25) is 0 Å². The lowest BCUT2D eigenvalue weighted by Crippen LogP contribution is -2.48. The predicted octanol–water partition coefficient (Wildman–Crippen LogP) is 1.89. The van der Waals surface area contributed by atoms with E-state index in [-0.39, 0.29) is 30.7 Å². The Bertz CT molecular complexity index is 389. The Morgan fingerprint density at radius 3 is 2.11 bits per heavy atom. The van der Waals surface area contributed by atoms with Gasteiger partial charge in [-0.15, -0.1) is 24.8 Å². The Morgan fingerprint density at radius 2 is 1.63 bits per heavy atom. The van der Waals surface area contributed by atoms with Gasteiger partial charge in [-0.1, -0.05) is 6.92 Å². The van der Waals surface area contributed by atoms with E-state index in [4.69, 9.17) is 5.73 Å². The molecular weight excluding hydrogens is 285 g/mol. The molecule has 0 aliphatic carbocycles. The number of halogens is 2. The topological polar surface area (TPSA) is 49.6 Å². The van der Waals surface area contributed by atoms with E-state index in [1.807, 2.05) is 4.90 Å². The summed E-state index contributed by atoms with van der Waals surface area (Å²) in [5.41, 5.74) is 7.03. The number of anilines is 1. The SMILES string of the molecule is CCN1CCN(C(=O)c2ccc(N)cc2)CC1.Cl.Cl. The summed E-state index contributed by atoms with van der Waals surface area (Å²) in [4.78, 5) is 16.4. The van der Waals surface area contributed by atoms with Crippen molar-refractivity contribution in [1.82, 2.24) is 9.80 Å². The number of carbonyl (C=O) groups is 1. The van der Waals surface area contributed by atoms with Gasteiger partial charge in [0.25, 0.3) is 5.91 Å². The van der Waals surface area contributed by atoms with Gasteiger partial charge in [-0.3, -0.25) is 4.79 Å². The smallest absolute Gasteiger partial charge is 0.253 e. The quantitative estimate of drug-likeness (QED) is 0.849. The number of amides is 1. The van der Waals surface area contributed by atoms with Crippen molar-refractivity contribution in [3.63, 3.8) is 0 Å². The molecule has 1 aromatic carbocycles. The molecule has 1 amide bonds. The van der Waals surface area contributed by atoms with Crippen LogP contribution >= 0.6 is 24.8 Å². The summed E-state index contributed by atoms with van der Waals surface area (Å²) < 4.78 is 0. The molecule has 2 rings (SSSR count). The molecule has 1 aromatic rings. The first-order valence-corrected chi connectivity index (χ1v) is 6.08. The van der Waals surface area contributed by atoms with Gasteiger partial charge in [-0.2, -0.15) is 0 Å². The number of likely N-dealkylation sites (N-methyl/N-ethyl adjacent to an activating group) is 1. The summed E-state index contributed by atoms with van der Waals surface area (Å²) in [6, 6.07) is 7.14. The van der Waals surface area contributed by atoms with Crippen LogP contribution < -0.4 is 5.73 Å². The van der Waals surface area contributed by atoms with Crippen LogP contribution in [0.4, 0.5) is 5.69 Å².